The molecular formula is C21H30O5. The first-order valence-corrected chi connectivity index (χ1v) is 9.48. The largest absolute Gasteiger partial charge is 0.480 e. The van der Waals surface area contributed by atoms with Crippen molar-refractivity contribution in [1.82, 2.24) is 0 Å². The molecule has 0 radical (unpaired) electrons. The molecule has 5 heteroatoms. The van der Waals surface area contributed by atoms with E-state index >= 15 is 0 Å². The Bertz CT molecular complexity index is 593. The summed E-state index contributed by atoms with van der Waals surface area (Å²) >= 11 is 0. The normalized spacial score (nSPS) is 31.9. The summed E-state index contributed by atoms with van der Waals surface area (Å²) in [5, 5.41) is 29.1. The summed E-state index contributed by atoms with van der Waals surface area (Å²) in [5.41, 5.74) is 0. The van der Waals surface area contributed by atoms with Gasteiger partial charge in [-0.15, -0.1) is 11.8 Å². The first kappa shape index (κ1) is 20.8. The molecule has 0 saturated heterocycles. The van der Waals surface area contributed by atoms with Crippen molar-refractivity contribution in [3.63, 3.8) is 0 Å². The van der Waals surface area contributed by atoms with E-state index in [9.17, 15) is 15.0 Å². The van der Waals surface area contributed by atoms with Crippen molar-refractivity contribution in [3.05, 3.63) is 0 Å². The van der Waals surface area contributed by atoms with Crippen LogP contribution in [0.2, 0.25) is 0 Å². The van der Waals surface area contributed by atoms with Crippen LogP contribution in [-0.4, -0.2) is 46.7 Å². The van der Waals surface area contributed by atoms with Crippen LogP contribution >= 0.6 is 0 Å². The third-order valence-electron chi connectivity index (χ3n) is 5.70. The summed E-state index contributed by atoms with van der Waals surface area (Å²) in [7, 11) is 0. The first-order chi connectivity index (χ1) is 12.4. The molecule has 0 aliphatic heterocycles. The Labute approximate surface area is 156 Å². The number of carboxylic acids is 1. The van der Waals surface area contributed by atoms with Gasteiger partial charge < -0.3 is 20.1 Å². The second kappa shape index (κ2) is 9.97. The van der Waals surface area contributed by atoms with Gasteiger partial charge in [-0.25, -0.2) is 4.79 Å². The fraction of sp³-hybridized carbons (Fsp3) is 0.762. The number of hydrogen-bond donors (Lipinski definition) is 3. The summed E-state index contributed by atoms with van der Waals surface area (Å²) in [6, 6.07) is 0. The fourth-order valence-electron chi connectivity index (χ4n) is 4.28. The number of ether oxygens (including phenoxy) is 1. The van der Waals surface area contributed by atoms with E-state index in [4.69, 9.17) is 9.84 Å². The quantitative estimate of drug-likeness (QED) is 0.476. The molecule has 2 fully saturated rings. The van der Waals surface area contributed by atoms with E-state index in [2.05, 4.69) is 23.7 Å². The molecule has 2 rings (SSSR count). The van der Waals surface area contributed by atoms with Crippen molar-refractivity contribution in [3.8, 4) is 23.7 Å². The standard InChI is InChI=1S/C21H30O5/c1-3-4-5-14(2)19(22)7-6-17-18-11-15(8-9-26-13-21(24)25)10-16(18)12-20(17)23/h14-20,22-23H,5,8-13H2,1-2H3,(H,24,25)/t14?,15?,16-,17+,18-,19+,20+/m1/s1. The van der Waals surface area contributed by atoms with Crippen LogP contribution in [-0.2, 0) is 9.53 Å². The van der Waals surface area contributed by atoms with Crippen LogP contribution in [0.25, 0.3) is 0 Å². The third-order valence-corrected chi connectivity index (χ3v) is 5.70. The van der Waals surface area contributed by atoms with E-state index in [0.717, 1.165) is 25.7 Å². The Morgan fingerprint density at radius 1 is 1.31 bits per heavy atom. The van der Waals surface area contributed by atoms with Crippen LogP contribution < -0.4 is 0 Å². The number of fused-ring (bicyclic) bond motifs is 1. The molecule has 2 saturated carbocycles. The van der Waals surface area contributed by atoms with Crippen LogP contribution in [0.1, 0.15) is 46.0 Å². The lowest BCUT2D eigenvalue weighted by Gasteiger charge is -2.17. The molecule has 26 heavy (non-hydrogen) atoms. The van der Waals surface area contributed by atoms with Crippen LogP contribution in [0.5, 0.6) is 0 Å². The zero-order valence-corrected chi connectivity index (χ0v) is 15.6. The van der Waals surface area contributed by atoms with Gasteiger partial charge in [-0.2, -0.15) is 0 Å². The highest BCUT2D eigenvalue weighted by Crippen LogP contribution is 2.50. The maximum Gasteiger partial charge on any atom is 0.329 e. The van der Waals surface area contributed by atoms with Crippen LogP contribution in [0, 0.1) is 53.3 Å². The van der Waals surface area contributed by atoms with Crippen molar-refractivity contribution in [2.45, 2.75) is 58.2 Å². The van der Waals surface area contributed by atoms with E-state index in [1.807, 2.05) is 6.92 Å². The van der Waals surface area contributed by atoms with Crippen molar-refractivity contribution >= 4 is 5.97 Å². The maximum absolute atomic E-state index is 10.5. The Balaban J connectivity index is 1.86. The van der Waals surface area contributed by atoms with Gasteiger partial charge in [0.15, 0.2) is 0 Å². The maximum atomic E-state index is 10.5. The van der Waals surface area contributed by atoms with Gasteiger partial charge in [0.2, 0.25) is 0 Å². The molecule has 144 valence electrons. The average molecular weight is 362 g/mol. The Morgan fingerprint density at radius 3 is 2.77 bits per heavy atom. The fourth-order valence-corrected chi connectivity index (χ4v) is 4.28. The van der Waals surface area contributed by atoms with Gasteiger partial charge in [0.05, 0.1) is 6.10 Å². The van der Waals surface area contributed by atoms with Crippen molar-refractivity contribution in [1.29, 1.82) is 0 Å². The number of aliphatic hydroxyl groups excluding tert-OH is 2. The molecule has 3 N–H and O–H groups in total. The minimum atomic E-state index is -0.940. The predicted molar refractivity (Wildman–Crippen MR) is 97.9 cm³/mol. The number of rotatable bonds is 7. The van der Waals surface area contributed by atoms with Gasteiger partial charge >= 0.3 is 5.97 Å². The molecule has 2 unspecified atom stereocenters. The number of carboxylic acid groups (broad SMARTS) is 1. The van der Waals surface area contributed by atoms with Gasteiger partial charge in [0, 0.05) is 24.9 Å². The Morgan fingerprint density at radius 2 is 2.08 bits per heavy atom. The molecule has 7 atom stereocenters. The van der Waals surface area contributed by atoms with Crippen molar-refractivity contribution in [2.24, 2.45) is 29.6 Å². The summed E-state index contributed by atoms with van der Waals surface area (Å²) in [4.78, 5) is 10.5. The second-order valence-electron chi connectivity index (χ2n) is 7.67. The van der Waals surface area contributed by atoms with Gasteiger partial charge in [0.1, 0.15) is 12.7 Å². The molecule has 5 nitrogen and oxygen atoms in total. The topological polar surface area (TPSA) is 87.0 Å². The van der Waals surface area contributed by atoms with E-state index in [-0.39, 0.29) is 18.4 Å². The van der Waals surface area contributed by atoms with E-state index in [1.165, 1.54) is 0 Å². The molecule has 0 heterocycles. The minimum Gasteiger partial charge on any atom is -0.480 e. The highest BCUT2D eigenvalue weighted by Gasteiger charge is 2.47. The SMILES string of the molecule is CC#CCC(C)[C@@H](O)C#C[C@H]1[C@@H]2CC(CCOCC(=O)O)C[C@@H]2C[C@@H]1O. The first-order valence-electron chi connectivity index (χ1n) is 9.48. The third kappa shape index (κ3) is 5.74. The van der Waals surface area contributed by atoms with E-state index < -0.39 is 18.2 Å². The molecular weight excluding hydrogens is 332 g/mol. The minimum absolute atomic E-state index is 0.00740. The van der Waals surface area contributed by atoms with Crippen LogP contribution in [0.3, 0.4) is 0 Å². The lowest BCUT2D eigenvalue weighted by Crippen LogP contribution is -2.20. The zero-order chi connectivity index (χ0) is 19.1. The molecule has 2 aliphatic carbocycles. The lowest BCUT2D eigenvalue weighted by molar-refractivity contribution is -0.142. The van der Waals surface area contributed by atoms with Crippen molar-refractivity contribution < 1.29 is 24.9 Å². The molecule has 2 aliphatic rings. The summed E-state index contributed by atoms with van der Waals surface area (Å²) in [6.45, 7) is 3.93. The highest BCUT2D eigenvalue weighted by atomic mass is 16.5. The number of carbonyl (C=O) groups is 1. The Kier molecular flexibility index (Phi) is 7.97. The summed E-state index contributed by atoms with van der Waals surface area (Å²) in [6.07, 6.45) is 3.13. The van der Waals surface area contributed by atoms with E-state index in [1.54, 1.807) is 6.92 Å². The molecule has 0 amide bonds. The molecule has 0 spiro atoms. The van der Waals surface area contributed by atoms with E-state index in [0.29, 0.717) is 30.8 Å². The summed E-state index contributed by atoms with van der Waals surface area (Å²) < 4.78 is 5.14. The molecule has 0 aromatic heterocycles. The summed E-state index contributed by atoms with van der Waals surface area (Å²) in [5.74, 6) is 12.2. The smallest absolute Gasteiger partial charge is 0.329 e. The zero-order valence-electron chi connectivity index (χ0n) is 15.6. The monoisotopic (exact) mass is 362 g/mol. The number of aliphatic hydroxyl groups is 2. The van der Waals surface area contributed by atoms with Gasteiger partial charge in [-0.3, -0.25) is 0 Å². The van der Waals surface area contributed by atoms with Crippen LogP contribution in [0.15, 0.2) is 0 Å². The second-order valence-corrected chi connectivity index (χ2v) is 7.67. The molecule has 0 aromatic rings. The molecule has 0 aromatic carbocycles. The molecule has 0 bridgehead atoms. The lowest BCUT2D eigenvalue weighted by atomic mass is 9.90. The van der Waals surface area contributed by atoms with Crippen molar-refractivity contribution in [2.75, 3.05) is 13.2 Å². The van der Waals surface area contributed by atoms with Gasteiger partial charge in [-0.05, 0) is 50.4 Å². The predicted octanol–water partition coefficient (Wildman–Crippen LogP) is 1.91. The Hall–Kier alpha value is -1.53. The van der Waals surface area contributed by atoms with Gasteiger partial charge in [-0.1, -0.05) is 18.8 Å². The van der Waals surface area contributed by atoms with Crippen LogP contribution in [0.4, 0.5) is 0 Å². The highest BCUT2D eigenvalue weighted by molar-refractivity contribution is 5.67. The number of aliphatic carboxylic acids is 1. The number of hydrogen-bond acceptors (Lipinski definition) is 4. The van der Waals surface area contributed by atoms with Gasteiger partial charge in [0.25, 0.3) is 0 Å². The average Bonchev–Trinajstić information content (AvgIpc) is 3.10.